The molecule has 0 atom stereocenters. The minimum atomic E-state index is -0.377. The number of carbonyl (C=O) groups excluding carboxylic acids is 1. The highest BCUT2D eigenvalue weighted by molar-refractivity contribution is 6.02. The predicted octanol–water partition coefficient (Wildman–Crippen LogP) is 3.63. The summed E-state index contributed by atoms with van der Waals surface area (Å²) in [4.78, 5) is 11.7. The zero-order chi connectivity index (χ0) is 13.4. The normalized spacial score (nSPS) is 13.5. The van der Waals surface area contributed by atoms with E-state index in [2.05, 4.69) is 0 Å². The summed E-state index contributed by atoms with van der Waals surface area (Å²) in [6.07, 6.45) is 1.19. The zero-order valence-corrected chi connectivity index (χ0v) is 10.6. The van der Waals surface area contributed by atoms with E-state index in [0.29, 0.717) is 18.4 Å². The molecule has 0 fully saturated rings. The maximum Gasteiger partial charge on any atom is 0.172 e. The largest absolute Gasteiger partial charge is 0.494 e. The van der Waals surface area contributed by atoms with Crippen molar-refractivity contribution in [2.45, 2.75) is 12.8 Å². The summed E-state index contributed by atoms with van der Waals surface area (Å²) < 4.78 is 19.3. The van der Waals surface area contributed by atoms with Gasteiger partial charge in [-0.3, -0.25) is 4.79 Å². The van der Waals surface area contributed by atoms with Crippen LogP contribution in [0, 0.1) is 5.82 Å². The first kappa shape index (κ1) is 11.9. The van der Waals surface area contributed by atoms with Crippen molar-refractivity contribution in [3.8, 4) is 16.9 Å². The molecule has 19 heavy (non-hydrogen) atoms. The molecule has 0 N–H and O–H groups in total. The fourth-order valence-corrected chi connectivity index (χ4v) is 2.62. The smallest absolute Gasteiger partial charge is 0.172 e. The third-order valence-corrected chi connectivity index (χ3v) is 3.55. The number of benzene rings is 2. The Morgan fingerprint density at radius 3 is 2.47 bits per heavy atom. The van der Waals surface area contributed by atoms with Crippen molar-refractivity contribution in [3.63, 3.8) is 0 Å². The lowest BCUT2D eigenvalue weighted by Crippen LogP contribution is -1.95. The first-order valence-electron chi connectivity index (χ1n) is 6.20. The van der Waals surface area contributed by atoms with Gasteiger partial charge >= 0.3 is 0 Å². The lowest BCUT2D eigenvalue weighted by atomic mass is 9.96. The topological polar surface area (TPSA) is 26.3 Å². The fraction of sp³-hybridized carbons (Fsp3) is 0.188. The molecule has 2 aromatic rings. The molecule has 0 aromatic heterocycles. The maximum atomic E-state index is 14.3. The van der Waals surface area contributed by atoms with Crippen LogP contribution in [0.2, 0.25) is 0 Å². The molecule has 0 amide bonds. The van der Waals surface area contributed by atoms with Gasteiger partial charge in [0.25, 0.3) is 0 Å². The number of rotatable bonds is 2. The van der Waals surface area contributed by atoms with Crippen molar-refractivity contribution >= 4 is 5.78 Å². The van der Waals surface area contributed by atoms with Crippen molar-refractivity contribution in [2.75, 3.05) is 7.11 Å². The average molecular weight is 256 g/mol. The van der Waals surface area contributed by atoms with Gasteiger partial charge < -0.3 is 4.74 Å². The number of hydrogen-bond donors (Lipinski definition) is 0. The van der Waals surface area contributed by atoms with Gasteiger partial charge in [0, 0.05) is 17.5 Å². The Hall–Kier alpha value is -2.16. The molecule has 1 aliphatic rings. The van der Waals surface area contributed by atoms with Crippen LogP contribution in [-0.4, -0.2) is 12.9 Å². The number of halogens is 1. The lowest BCUT2D eigenvalue weighted by Gasteiger charge is -2.11. The summed E-state index contributed by atoms with van der Waals surface area (Å²) in [7, 11) is 1.45. The lowest BCUT2D eigenvalue weighted by molar-refractivity contribution is 0.0994. The van der Waals surface area contributed by atoms with Gasteiger partial charge in [-0.1, -0.05) is 30.3 Å². The van der Waals surface area contributed by atoms with Crippen molar-refractivity contribution in [2.24, 2.45) is 0 Å². The Balaban J connectivity index is 2.22. The van der Waals surface area contributed by atoms with Crippen LogP contribution in [0.15, 0.2) is 36.4 Å². The quantitative estimate of drug-likeness (QED) is 0.820. The summed E-state index contributed by atoms with van der Waals surface area (Å²) in [5.74, 6) is -0.0164. The van der Waals surface area contributed by atoms with Gasteiger partial charge in [0.2, 0.25) is 0 Å². The number of hydrogen-bond acceptors (Lipinski definition) is 2. The molecule has 2 aromatic carbocycles. The first-order valence-corrected chi connectivity index (χ1v) is 6.20. The second-order valence-corrected chi connectivity index (χ2v) is 4.58. The number of carbonyl (C=O) groups is 1. The highest BCUT2D eigenvalue weighted by Gasteiger charge is 2.23. The molecule has 0 unspecified atom stereocenters. The van der Waals surface area contributed by atoms with Crippen LogP contribution in [0.4, 0.5) is 4.39 Å². The minimum absolute atomic E-state index is 0.139. The van der Waals surface area contributed by atoms with Gasteiger partial charge in [-0.05, 0) is 23.6 Å². The monoisotopic (exact) mass is 256 g/mol. The first-order chi connectivity index (χ1) is 9.22. The van der Waals surface area contributed by atoms with Crippen LogP contribution >= 0.6 is 0 Å². The molecule has 0 saturated heterocycles. The van der Waals surface area contributed by atoms with Crippen LogP contribution in [0.25, 0.3) is 11.1 Å². The summed E-state index contributed by atoms with van der Waals surface area (Å²) in [5.41, 5.74) is 2.95. The van der Waals surface area contributed by atoms with Crippen LogP contribution in [0.3, 0.4) is 0 Å². The van der Waals surface area contributed by atoms with Crippen LogP contribution in [0.1, 0.15) is 22.3 Å². The Labute approximate surface area is 110 Å². The average Bonchev–Trinajstić information content (AvgIpc) is 2.81. The summed E-state index contributed by atoms with van der Waals surface area (Å²) >= 11 is 0. The van der Waals surface area contributed by atoms with E-state index in [1.54, 1.807) is 24.3 Å². The van der Waals surface area contributed by atoms with E-state index in [-0.39, 0.29) is 17.3 Å². The molecular weight excluding hydrogens is 243 g/mol. The molecule has 0 radical (unpaired) electrons. The van der Waals surface area contributed by atoms with Gasteiger partial charge in [0.05, 0.1) is 7.11 Å². The number of ether oxygens (including phenoxy) is 1. The Kier molecular flexibility index (Phi) is 2.82. The summed E-state index contributed by atoms with van der Waals surface area (Å²) in [6.45, 7) is 0. The predicted molar refractivity (Wildman–Crippen MR) is 71.0 cm³/mol. The second kappa shape index (κ2) is 4.50. The third kappa shape index (κ3) is 1.82. The highest BCUT2D eigenvalue weighted by Crippen LogP contribution is 2.35. The molecule has 2 nitrogen and oxygen atoms in total. The molecule has 0 spiro atoms. The van der Waals surface area contributed by atoms with E-state index >= 15 is 0 Å². The molecular formula is C16H13FO2. The van der Waals surface area contributed by atoms with Crippen LogP contribution in [-0.2, 0) is 6.42 Å². The minimum Gasteiger partial charge on any atom is -0.494 e. The van der Waals surface area contributed by atoms with E-state index < -0.39 is 0 Å². The van der Waals surface area contributed by atoms with E-state index in [9.17, 15) is 9.18 Å². The second-order valence-electron chi connectivity index (χ2n) is 4.58. The van der Waals surface area contributed by atoms with E-state index in [1.165, 1.54) is 7.11 Å². The van der Waals surface area contributed by atoms with E-state index in [1.807, 2.05) is 12.1 Å². The summed E-state index contributed by atoms with van der Waals surface area (Å²) in [5, 5.41) is 0. The number of Topliss-reactive ketones (excluding diaryl/α,β-unsaturated/α-hetero) is 1. The molecule has 0 heterocycles. The van der Waals surface area contributed by atoms with E-state index in [4.69, 9.17) is 4.74 Å². The molecule has 3 rings (SSSR count). The van der Waals surface area contributed by atoms with Gasteiger partial charge in [-0.2, -0.15) is 0 Å². The zero-order valence-electron chi connectivity index (χ0n) is 10.6. The fourth-order valence-electron chi connectivity index (χ4n) is 2.62. The number of fused-ring (bicyclic) bond motifs is 1. The summed E-state index contributed by atoms with van der Waals surface area (Å²) in [6, 6.07) is 10.5. The van der Waals surface area contributed by atoms with Crippen molar-refractivity contribution < 1.29 is 13.9 Å². The van der Waals surface area contributed by atoms with Gasteiger partial charge in [-0.15, -0.1) is 0 Å². The number of methoxy groups -OCH3 is 1. The molecule has 0 bridgehead atoms. The Bertz CT molecular complexity index is 662. The SMILES string of the molecule is COc1cccc(-c2cccc3c2CCC3=O)c1F. The molecule has 3 heteroatoms. The Morgan fingerprint density at radius 2 is 1.68 bits per heavy atom. The standard InChI is InChI=1S/C16H13FO2/c1-19-15-7-3-6-13(16(15)17)10-4-2-5-12-11(10)8-9-14(12)18/h2-7H,8-9H2,1H3. The van der Waals surface area contributed by atoms with Crippen molar-refractivity contribution in [1.29, 1.82) is 0 Å². The van der Waals surface area contributed by atoms with E-state index in [0.717, 1.165) is 16.7 Å². The van der Waals surface area contributed by atoms with Crippen LogP contribution in [0.5, 0.6) is 5.75 Å². The molecule has 96 valence electrons. The molecule has 0 saturated carbocycles. The van der Waals surface area contributed by atoms with Gasteiger partial charge in [-0.25, -0.2) is 4.39 Å². The van der Waals surface area contributed by atoms with Crippen LogP contribution < -0.4 is 4.74 Å². The Morgan fingerprint density at radius 1 is 1.00 bits per heavy atom. The maximum absolute atomic E-state index is 14.3. The molecule has 0 aliphatic heterocycles. The van der Waals surface area contributed by atoms with Gasteiger partial charge in [0.15, 0.2) is 17.3 Å². The number of ketones is 1. The van der Waals surface area contributed by atoms with Crippen molar-refractivity contribution in [3.05, 3.63) is 53.3 Å². The molecule has 1 aliphatic carbocycles. The van der Waals surface area contributed by atoms with Crippen molar-refractivity contribution in [1.82, 2.24) is 0 Å². The third-order valence-electron chi connectivity index (χ3n) is 3.55. The van der Waals surface area contributed by atoms with Gasteiger partial charge in [0.1, 0.15) is 0 Å². The highest BCUT2D eigenvalue weighted by atomic mass is 19.1.